The Bertz CT molecular complexity index is 522. The minimum absolute atomic E-state index is 0.0658. The summed E-state index contributed by atoms with van der Waals surface area (Å²) in [5.41, 5.74) is 5.79. The molecule has 2 aromatic rings. The lowest BCUT2D eigenvalue weighted by Crippen LogP contribution is -2.14. The number of ether oxygens (including phenoxy) is 1. The minimum atomic E-state index is -0.518. The maximum atomic E-state index is 11.6. The molecule has 0 fully saturated rings. The Hall–Kier alpha value is -2.64. The van der Waals surface area contributed by atoms with E-state index in [1.807, 2.05) is 0 Å². The van der Waals surface area contributed by atoms with Crippen LogP contribution < -0.4 is 15.8 Å². The molecule has 0 unspecified atom stereocenters. The fourth-order valence-corrected chi connectivity index (χ4v) is 1.12. The van der Waals surface area contributed by atoms with E-state index in [1.54, 1.807) is 12.1 Å². The Labute approximate surface area is 95.7 Å². The fourth-order valence-electron chi connectivity index (χ4n) is 1.12. The summed E-state index contributed by atoms with van der Waals surface area (Å²) in [6.45, 7) is 0. The first kappa shape index (κ1) is 10.9. The molecule has 2 heterocycles. The van der Waals surface area contributed by atoms with E-state index in [4.69, 9.17) is 10.5 Å². The van der Waals surface area contributed by atoms with Gasteiger partial charge in [-0.2, -0.15) is 0 Å². The van der Waals surface area contributed by atoms with Crippen LogP contribution in [0.4, 0.5) is 11.5 Å². The van der Waals surface area contributed by atoms with E-state index in [2.05, 4.69) is 25.2 Å². The predicted octanol–water partition coefficient (Wildman–Crippen LogP) is 0.308. The molecule has 1 amide bonds. The van der Waals surface area contributed by atoms with Gasteiger partial charge in [-0.1, -0.05) is 0 Å². The lowest BCUT2D eigenvalue weighted by molar-refractivity contribution is 0.101. The number of hydrogen-bond acceptors (Lipinski definition) is 7. The second kappa shape index (κ2) is 4.47. The number of rotatable bonds is 3. The molecule has 0 aliphatic rings. The van der Waals surface area contributed by atoms with Gasteiger partial charge in [-0.3, -0.25) is 4.79 Å². The standard InChI is InChI=1S/C9H9N5O3/c1-16-6-3-2-5(4-11-6)12-9(15)7-8(10)14-17-13-7/h2-4H,1H3,(H2,10,14)(H,12,15). The summed E-state index contributed by atoms with van der Waals surface area (Å²) in [4.78, 5) is 15.6. The van der Waals surface area contributed by atoms with E-state index in [1.165, 1.54) is 13.3 Å². The summed E-state index contributed by atoms with van der Waals surface area (Å²) in [6.07, 6.45) is 1.44. The number of anilines is 2. The van der Waals surface area contributed by atoms with Crippen LogP contribution >= 0.6 is 0 Å². The number of nitrogen functional groups attached to an aromatic ring is 1. The van der Waals surface area contributed by atoms with Gasteiger partial charge in [0.2, 0.25) is 17.4 Å². The van der Waals surface area contributed by atoms with Crippen molar-refractivity contribution in [2.45, 2.75) is 0 Å². The molecule has 0 aromatic carbocycles. The molecule has 0 radical (unpaired) electrons. The van der Waals surface area contributed by atoms with Gasteiger partial charge in [0.15, 0.2) is 0 Å². The van der Waals surface area contributed by atoms with Crippen molar-refractivity contribution < 1.29 is 14.2 Å². The van der Waals surface area contributed by atoms with Crippen molar-refractivity contribution in [1.82, 2.24) is 15.3 Å². The van der Waals surface area contributed by atoms with Crippen molar-refractivity contribution in [3.05, 3.63) is 24.0 Å². The van der Waals surface area contributed by atoms with E-state index in [0.717, 1.165) is 0 Å². The Morgan fingerprint density at radius 2 is 2.29 bits per heavy atom. The topological polar surface area (TPSA) is 116 Å². The van der Waals surface area contributed by atoms with Gasteiger partial charge in [0.05, 0.1) is 19.0 Å². The van der Waals surface area contributed by atoms with E-state index in [0.29, 0.717) is 11.6 Å². The quantitative estimate of drug-likeness (QED) is 0.786. The second-order valence-electron chi connectivity index (χ2n) is 3.04. The van der Waals surface area contributed by atoms with Gasteiger partial charge in [-0.05, 0) is 16.4 Å². The monoisotopic (exact) mass is 235 g/mol. The molecular weight excluding hydrogens is 226 g/mol. The molecule has 3 N–H and O–H groups in total. The first-order valence-corrected chi connectivity index (χ1v) is 4.60. The highest BCUT2D eigenvalue weighted by molar-refractivity contribution is 6.05. The first-order chi connectivity index (χ1) is 8.20. The molecule has 0 saturated heterocycles. The maximum Gasteiger partial charge on any atom is 0.281 e. The molecule has 8 nitrogen and oxygen atoms in total. The Morgan fingerprint density at radius 1 is 1.47 bits per heavy atom. The van der Waals surface area contributed by atoms with Gasteiger partial charge < -0.3 is 15.8 Å². The fraction of sp³-hybridized carbons (Fsp3) is 0.111. The van der Waals surface area contributed by atoms with Crippen LogP contribution in [0.2, 0.25) is 0 Å². The molecule has 2 rings (SSSR count). The number of nitrogens with zero attached hydrogens (tertiary/aromatic N) is 3. The summed E-state index contributed by atoms with van der Waals surface area (Å²) >= 11 is 0. The smallest absolute Gasteiger partial charge is 0.281 e. The van der Waals surface area contributed by atoms with Crippen LogP contribution in [0.25, 0.3) is 0 Å². The minimum Gasteiger partial charge on any atom is -0.481 e. The van der Waals surface area contributed by atoms with Crippen molar-refractivity contribution in [2.75, 3.05) is 18.2 Å². The molecule has 88 valence electrons. The largest absolute Gasteiger partial charge is 0.481 e. The molecule has 0 atom stereocenters. The van der Waals surface area contributed by atoms with Crippen LogP contribution in [0.15, 0.2) is 23.0 Å². The highest BCUT2D eigenvalue weighted by atomic mass is 16.6. The summed E-state index contributed by atoms with van der Waals surface area (Å²) in [6, 6.07) is 3.24. The van der Waals surface area contributed by atoms with Crippen LogP contribution in [0.1, 0.15) is 10.5 Å². The molecule has 0 aliphatic carbocycles. The average molecular weight is 235 g/mol. The highest BCUT2D eigenvalue weighted by Gasteiger charge is 2.15. The maximum absolute atomic E-state index is 11.6. The van der Waals surface area contributed by atoms with Gasteiger partial charge in [-0.25, -0.2) is 9.61 Å². The van der Waals surface area contributed by atoms with Crippen molar-refractivity contribution in [3.63, 3.8) is 0 Å². The molecule has 0 spiro atoms. The highest BCUT2D eigenvalue weighted by Crippen LogP contribution is 2.13. The van der Waals surface area contributed by atoms with Crippen LogP contribution in [-0.4, -0.2) is 28.3 Å². The molecule has 0 aliphatic heterocycles. The molecular formula is C9H9N5O3. The lowest BCUT2D eigenvalue weighted by Gasteiger charge is -2.03. The zero-order chi connectivity index (χ0) is 12.3. The van der Waals surface area contributed by atoms with Gasteiger partial charge in [0.25, 0.3) is 5.91 Å². The lowest BCUT2D eigenvalue weighted by atomic mass is 10.3. The number of methoxy groups -OCH3 is 1. The molecule has 0 bridgehead atoms. The third-order valence-corrected chi connectivity index (χ3v) is 1.93. The van der Waals surface area contributed by atoms with Crippen LogP contribution in [0, 0.1) is 0 Å². The summed E-state index contributed by atoms with van der Waals surface area (Å²) in [5, 5.41) is 9.22. The van der Waals surface area contributed by atoms with Crippen molar-refractivity contribution in [1.29, 1.82) is 0 Å². The second-order valence-corrected chi connectivity index (χ2v) is 3.04. The number of carbonyl (C=O) groups excluding carboxylic acids is 1. The van der Waals surface area contributed by atoms with Crippen LogP contribution in [0.5, 0.6) is 5.88 Å². The number of amides is 1. The number of pyridine rings is 1. The molecule has 8 heteroatoms. The number of aromatic nitrogens is 3. The van der Waals surface area contributed by atoms with Crippen molar-refractivity contribution in [3.8, 4) is 5.88 Å². The Morgan fingerprint density at radius 3 is 2.82 bits per heavy atom. The van der Waals surface area contributed by atoms with E-state index in [-0.39, 0.29) is 11.5 Å². The van der Waals surface area contributed by atoms with E-state index >= 15 is 0 Å². The SMILES string of the molecule is COc1ccc(NC(=O)c2nonc2N)cn1. The molecule has 0 saturated carbocycles. The normalized spacial score (nSPS) is 9.94. The zero-order valence-electron chi connectivity index (χ0n) is 8.88. The Kier molecular flexibility index (Phi) is 2.86. The number of hydrogen-bond donors (Lipinski definition) is 2. The van der Waals surface area contributed by atoms with E-state index in [9.17, 15) is 4.79 Å². The Balaban J connectivity index is 2.10. The first-order valence-electron chi connectivity index (χ1n) is 4.60. The van der Waals surface area contributed by atoms with Gasteiger partial charge in [0.1, 0.15) is 0 Å². The third-order valence-electron chi connectivity index (χ3n) is 1.93. The predicted molar refractivity (Wildman–Crippen MR) is 57.5 cm³/mol. The van der Waals surface area contributed by atoms with Crippen LogP contribution in [0.3, 0.4) is 0 Å². The summed E-state index contributed by atoms with van der Waals surface area (Å²) in [7, 11) is 1.50. The van der Waals surface area contributed by atoms with Crippen LogP contribution in [-0.2, 0) is 0 Å². The third kappa shape index (κ3) is 2.30. The number of nitrogens with one attached hydrogen (secondary N) is 1. The van der Waals surface area contributed by atoms with Gasteiger partial charge in [0, 0.05) is 6.07 Å². The average Bonchev–Trinajstić information content (AvgIpc) is 2.76. The molecule has 17 heavy (non-hydrogen) atoms. The van der Waals surface area contributed by atoms with Crippen molar-refractivity contribution in [2.24, 2.45) is 0 Å². The number of nitrogens with two attached hydrogens (primary N) is 1. The summed E-state index contributed by atoms with van der Waals surface area (Å²) in [5.74, 6) is -0.134. The molecule has 2 aromatic heterocycles. The van der Waals surface area contributed by atoms with Gasteiger partial charge in [-0.15, -0.1) is 0 Å². The van der Waals surface area contributed by atoms with E-state index < -0.39 is 5.91 Å². The zero-order valence-corrected chi connectivity index (χ0v) is 8.88. The van der Waals surface area contributed by atoms with Gasteiger partial charge >= 0.3 is 0 Å². The van der Waals surface area contributed by atoms with Crippen molar-refractivity contribution >= 4 is 17.4 Å². The number of carbonyl (C=O) groups is 1. The summed E-state index contributed by atoms with van der Waals surface area (Å²) < 4.78 is 9.20.